The second kappa shape index (κ2) is 10.5. The topological polar surface area (TPSA) is 19.4 Å². The van der Waals surface area contributed by atoms with Crippen molar-refractivity contribution < 1.29 is 4.39 Å². The van der Waals surface area contributed by atoms with E-state index >= 15 is 0 Å². The van der Waals surface area contributed by atoms with Crippen molar-refractivity contribution >= 4 is 45.0 Å². The normalized spacial score (nSPS) is 12.2. The first-order chi connectivity index (χ1) is 21.7. The molecule has 7 aromatic rings. The van der Waals surface area contributed by atoms with Gasteiger partial charge in [0.25, 0.3) is 0 Å². The number of benzene rings is 6. The molecule has 1 aliphatic rings. The van der Waals surface area contributed by atoms with Gasteiger partial charge in [0, 0.05) is 16.6 Å². The van der Waals surface area contributed by atoms with Crippen LogP contribution in [0.2, 0.25) is 0 Å². The first-order valence-corrected chi connectivity index (χ1v) is 14.8. The van der Waals surface area contributed by atoms with Gasteiger partial charge in [-0.3, -0.25) is 0 Å². The smallest absolute Gasteiger partial charge is 0.123 e. The number of para-hydroxylation sites is 6. The summed E-state index contributed by atoms with van der Waals surface area (Å²) in [7, 11) is 0. The van der Waals surface area contributed by atoms with Gasteiger partial charge in [-0.15, -0.1) is 0 Å². The minimum absolute atomic E-state index is 0.265. The Morgan fingerprint density at radius 1 is 0.500 bits per heavy atom. The highest BCUT2D eigenvalue weighted by Crippen LogP contribution is 2.55. The zero-order chi connectivity index (χ0) is 29.6. The fraction of sp³-hybridized carbons (Fsp3) is 0.0250. The van der Waals surface area contributed by atoms with E-state index in [1.807, 2.05) is 6.07 Å². The summed E-state index contributed by atoms with van der Waals surface area (Å²) in [6, 6.07) is 51.2. The van der Waals surface area contributed by atoms with Crippen LogP contribution in [0.5, 0.6) is 0 Å². The molecule has 1 aromatic heterocycles. The summed E-state index contributed by atoms with van der Waals surface area (Å²) in [5, 5.41) is 1.05. The van der Waals surface area contributed by atoms with E-state index in [1.165, 1.54) is 17.7 Å². The molecule has 0 unspecified atom stereocenters. The van der Waals surface area contributed by atoms with Crippen LogP contribution < -0.4 is 9.80 Å². The maximum absolute atomic E-state index is 13.9. The fourth-order valence-electron chi connectivity index (χ4n) is 6.21. The predicted molar refractivity (Wildman–Crippen MR) is 180 cm³/mol. The molecule has 0 radical (unpaired) electrons. The quantitative estimate of drug-likeness (QED) is 0.210. The third-order valence-corrected chi connectivity index (χ3v) is 8.30. The molecule has 0 bridgehead atoms. The molecular formula is C40H28FN3. The Morgan fingerprint density at radius 2 is 1.05 bits per heavy atom. The third kappa shape index (κ3) is 4.31. The van der Waals surface area contributed by atoms with E-state index in [4.69, 9.17) is 4.98 Å². The van der Waals surface area contributed by atoms with Crippen LogP contribution in [0.15, 0.2) is 152 Å². The van der Waals surface area contributed by atoms with E-state index in [2.05, 4.69) is 138 Å². The van der Waals surface area contributed by atoms with Crippen LogP contribution in [0.25, 0.3) is 33.3 Å². The van der Waals surface area contributed by atoms with Crippen LogP contribution >= 0.6 is 0 Å². The first-order valence-electron chi connectivity index (χ1n) is 14.8. The highest BCUT2D eigenvalue weighted by Gasteiger charge is 2.31. The molecule has 4 heteroatoms. The summed E-state index contributed by atoms with van der Waals surface area (Å²) in [5.41, 5.74) is 12.3. The van der Waals surface area contributed by atoms with Gasteiger partial charge in [-0.05, 0) is 90.8 Å². The van der Waals surface area contributed by atoms with Gasteiger partial charge in [-0.2, -0.15) is 0 Å². The lowest BCUT2D eigenvalue weighted by molar-refractivity contribution is 0.628. The van der Waals surface area contributed by atoms with Crippen LogP contribution in [0.3, 0.4) is 0 Å². The molecule has 0 amide bonds. The van der Waals surface area contributed by atoms with Crippen LogP contribution in [0.1, 0.15) is 5.56 Å². The zero-order valence-electron chi connectivity index (χ0n) is 24.2. The summed E-state index contributed by atoms with van der Waals surface area (Å²) in [6.45, 7) is 2.10. The fourth-order valence-corrected chi connectivity index (χ4v) is 6.21. The third-order valence-electron chi connectivity index (χ3n) is 8.30. The van der Waals surface area contributed by atoms with Gasteiger partial charge in [0.05, 0.1) is 39.6 Å². The van der Waals surface area contributed by atoms with E-state index in [1.54, 1.807) is 12.1 Å². The summed E-state index contributed by atoms with van der Waals surface area (Å²) < 4.78 is 13.9. The molecule has 0 fully saturated rings. The van der Waals surface area contributed by atoms with Gasteiger partial charge in [0.2, 0.25) is 0 Å². The molecule has 210 valence electrons. The van der Waals surface area contributed by atoms with Crippen LogP contribution in [-0.4, -0.2) is 4.98 Å². The van der Waals surface area contributed by atoms with Crippen LogP contribution in [0.4, 0.5) is 38.5 Å². The Labute approximate surface area is 256 Å². The molecule has 0 atom stereocenters. The lowest BCUT2D eigenvalue weighted by Gasteiger charge is -2.40. The Balaban J connectivity index is 1.42. The van der Waals surface area contributed by atoms with Crippen molar-refractivity contribution in [2.24, 2.45) is 0 Å². The molecule has 0 spiro atoms. The predicted octanol–water partition coefficient (Wildman–Crippen LogP) is 11.3. The first kappa shape index (κ1) is 25.9. The van der Waals surface area contributed by atoms with Crippen molar-refractivity contribution in [1.29, 1.82) is 0 Å². The van der Waals surface area contributed by atoms with Gasteiger partial charge in [-0.1, -0.05) is 84.4 Å². The number of fused-ring (bicyclic) bond motifs is 3. The van der Waals surface area contributed by atoms with Crippen molar-refractivity contribution in [3.8, 4) is 22.4 Å². The van der Waals surface area contributed by atoms with Crippen LogP contribution in [-0.2, 0) is 0 Å². The molecule has 8 rings (SSSR count). The Hall–Kier alpha value is -5.74. The Bertz CT molecular complexity index is 2090. The highest BCUT2D eigenvalue weighted by molar-refractivity contribution is 6.09. The van der Waals surface area contributed by atoms with E-state index in [-0.39, 0.29) is 5.82 Å². The van der Waals surface area contributed by atoms with Crippen molar-refractivity contribution in [3.63, 3.8) is 0 Å². The molecule has 3 nitrogen and oxygen atoms in total. The van der Waals surface area contributed by atoms with Gasteiger partial charge in [0.1, 0.15) is 5.82 Å². The number of pyridine rings is 1. The molecule has 2 heterocycles. The molecule has 0 saturated heterocycles. The molecule has 0 aliphatic carbocycles. The summed E-state index contributed by atoms with van der Waals surface area (Å²) in [6.07, 6.45) is 0. The van der Waals surface area contributed by atoms with Gasteiger partial charge in [0.15, 0.2) is 0 Å². The monoisotopic (exact) mass is 569 g/mol. The number of anilines is 6. The van der Waals surface area contributed by atoms with E-state index in [0.717, 1.165) is 67.4 Å². The largest absolute Gasteiger partial charge is 0.306 e. The molecule has 1 aliphatic heterocycles. The number of halogens is 1. The van der Waals surface area contributed by atoms with Gasteiger partial charge >= 0.3 is 0 Å². The molecule has 0 N–H and O–H groups in total. The highest BCUT2D eigenvalue weighted by atomic mass is 19.1. The summed E-state index contributed by atoms with van der Waals surface area (Å²) >= 11 is 0. The van der Waals surface area contributed by atoms with Crippen molar-refractivity contribution in [1.82, 2.24) is 4.98 Å². The molecule has 44 heavy (non-hydrogen) atoms. The second-order valence-electron chi connectivity index (χ2n) is 11.1. The lowest BCUT2D eigenvalue weighted by atomic mass is 9.96. The zero-order valence-corrected chi connectivity index (χ0v) is 24.2. The number of nitrogens with zero attached hydrogens (tertiary/aromatic N) is 3. The molecular weight excluding hydrogens is 541 g/mol. The van der Waals surface area contributed by atoms with Crippen LogP contribution in [0, 0.1) is 12.7 Å². The summed E-state index contributed by atoms with van der Waals surface area (Å²) in [5.74, 6) is -0.265. The number of hydrogen-bond acceptors (Lipinski definition) is 3. The average Bonchev–Trinajstić information content (AvgIpc) is 3.07. The number of aromatic nitrogens is 1. The van der Waals surface area contributed by atoms with E-state index in [0.29, 0.717) is 0 Å². The second-order valence-corrected chi connectivity index (χ2v) is 11.1. The number of hydrogen-bond donors (Lipinski definition) is 0. The average molecular weight is 570 g/mol. The Kier molecular flexibility index (Phi) is 6.20. The Morgan fingerprint density at radius 3 is 1.68 bits per heavy atom. The SMILES string of the molecule is Cc1ccc(-c2cc(-c3ccc(F)cc3)nc3c(N4c5ccccc5N(c5ccccc5)c5ccccc54)cccc23)cc1. The maximum Gasteiger partial charge on any atom is 0.123 e. The van der Waals surface area contributed by atoms with Crippen molar-refractivity contribution in [2.45, 2.75) is 6.92 Å². The number of aryl methyl sites for hydroxylation is 1. The lowest BCUT2D eigenvalue weighted by Crippen LogP contribution is -2.24. The molecule has 0 saturated carbocycles. The summed E-state index contributed by atoms with van der Waals surface area (Å²) in [4.78, 5) is 9.95. The number of rotatable bonds is 4. The van der Waals surface area contributed by atoms with Gasteiger partial charge < -0.3 is 9.80 Å². The van der Waals surface area contributed by atoms with Crippen molar-refractivity contribution in [2.75, 3.05) is 9.80 Å². The van der Waals surface area contributed by atoms with E-state index < -0.39 is 0 Å². The van der Waals surface area contributed by atoms with Crippen molar-refractivity contribution in [3.05, 3.63) is 163 Å². The minimum atomic E-state index is -0.265. The van der Waals surface area contributed by atoms with E-state index in [9.17, 15) is 4.39 Å². The minimum Gasteiger partial charge on any atom is -0.306 e. The molecule has 6 aromatic carbocycles. The standard InChI is InChI=1S/C40H28FN3/c1-27-18-20-28(21-19-27)33-26-34(29-22-24-30(41)25-23-29)42-40-32(33)12-9-17-39(40)44-37-15-7-5-13-35(37)43(31-10-3-2-4-11-31)36-14-6-8-16-38(36)44/h2-26H,1H3. The van der Waals surface area contributed by atoms with Gasteiger partial charge in [-0.25, -0.2) is 9.37 Å². The maximum atomic E-state index is 13.9.